The van der Waals surface area contributed by atoms with E-state index < -0.39 is 11.7 Å². The lowest BCUT2D eigenvalue weighted by Crippen LogP contribution is -2.28. The van der Waals surface area contributed by atoms with E-state index in [1.54, 1.807) is 13.0 Å². The number of rotatable bonds is 4. The number of pyridine rings is 1. The van der Waals surface area contributed by atoms with Gasteiger partial charge in [-0.25, -0.2) is 9.37 Å². The Morgan fingerprint density at radius 1 is 1.08 bits per heavy atom. The van der Waals surface area contributed by atoms with Crippen molar-refractivity contribution in [2.24, 2.45) is 0 Å². The number of aliphatic hydroxyl groups is 1. The fourth-order valence-corrected chi connectivity index (χ4v) is 3.52. The maximum Gasteiger partial charge on any atom is 0.418 e. The summed E-state index contributed by atoms with van der Waals surface area (Å²) in [5, 5.41) is 14.3. The Balaban J connectivity index is 0.000000281. The van der Waals surface area contributed by atoms with Gasteiger partial charge in [-0.05, 0) is 69.1 Å². The van der Waals surface area contributed by atoms with Crippen LogP contribution in [0.5, 0.6) is 0 Å². The van der Waals surface area contributed by atoms with E-state index in [0.717, 1.165) is 62.2 Å². The number of aryl methyl sites for hydroxylation is 2. The summed E-state index contributed by atoms with van der Waals surface area (Å²) in [6.45, 7) is 9.22. The molecular formula is C27H36F4N6O. The van der Waals surface area contributed by atoms with Crippen LogP contribution in [-0.2, 0) is 6.18 Å². The predicted molar refractivity (Wildman–Crippen MR) is 143 cm³/mol. The molecule has 4 rings (SSSR count). The summed E-state index contributed by atoms with van der Waals surface area (Å²) in [6, 6.07) is 9.35. The van der Waals surface area contributed by atoms with E-state index in [2.05, 4.69) is 30.5 Å². The molecule has 1 saturated heterocycles. The highest BCUT2D eigenvalue weighted by molar-refractivity contribution is 5.65. The molecule has 0 bridgehead atoms. The second kappa shape index (κ2) is 15.2. The van der Waals surface area contributed by atoms with Crippen LogP contribution in [0.3, 0.4) is 0 Å². The van der Waals surface area contributed by atoms with Gasteiger partial charge < -0.3 is 20.6 Å². The molecule has 1 aliphatic rings. The molecule has 1 aromatic carbocycles. The molecule has 1 fully saturated rings. The van der Waals surface area contributed by atoms with Crippen molar-refractivity contribution in [3.63, 3.8) is 0 Å². The van der Waals surface area contributed by atoms with Crippen LogP contribution >= 0.6 is 0 Å². The molecule has 0 aliphatic carbocycles. The quantitative estimate of drug-likeness (QED) is 0.394. The third kappa shape index (κ3) is 9.53. The minimum Gasteiger partial charge on any atom is -0.396 e. The van der Waals surface area contributed by atoms with Crippen molar-refractivity contribution < 1.29 is 22.7 Å². The zero-order valence-electron chi connectivity index (χ0n) is 22.2. The van der Waals surface area contributed by atoms with E-state index >= 15 is 0 Å². The van der Waals surface area contributed by atoms with E-state index in [0.29, 0.717) is 18.1 Å². The Kier molecular flexibility index (Phi) is 12.4. The van der Waals surface area contributed by atoms with Gasteiger partial charge in [-0.1, -0.05) is 6.92 Å². The Morgan fingerprint density at radius 3 is 2.39 bits per heavy atom. The molecule has 38 heavy (non-hydrogen) atoms. The summed E-state index contributed by atoms with van der Waals surface area (Å²) in [4.78, 5) is 14.9. The van der Waals surface area contributed by atoms with Crippen LogP contribution in [-0.4, -0.2) is 59.9 Å². The van der Waals surface area contributed by atoms with Gasteiger partial charge in [-0.3, -0.25) is 4.98 Å². The molecule has 11 heteroatoms. The van der Waals surface area contributed by atoms with Crippen molar-refractivity contribution in [2.75, 3.05) is 50.1 Å². The van der Waals surface area contributed by atoms with Crippen LogP contribution in [0.15, 0.2) is 42.6 Å². The Labute approximate surface area is 221 Å². The van der Waals surface area contributed by atoms with Crippen molar-refractivity contribution in [1.29, 1.82) is 0 Å². The van der Waals surface area contributed by atoms with Gasteiger partial charge >= 0.3 is 6.18 Å². The number of alkyl halides is 3. The average molecular weight is 537 g/mol. The third-order valence-corrected chi connectivity index (χ3v) is 5.59. The monoisotopic (exact) mass is 536 g/mol. The first-order valence-electron chi connectivity index (χ1n) is 12.5. The van der Waals surface area contributed by atoms with Gasteiger partial charge in [-0.15, -0.1) is 0 Å². The first-order chi connectivity index (χ1) is 18.1. The maximum atomic E-state index is 13.5. The number of halogens is 4. The van der Waals surface area contributed by atoms with Crippen LogP contribution in [0, 0.1) is 19.7 Å². The largest absolute Gasteiger partial charge is 0.418 e. The number of hydrogen-bond donors (Lipinski definition) is 3. The van der Waals surface area contributed by atoms with Gasteiger partial charge in [0, 0.05) is 56.8 Å². The molecule has 0 unspecified atom stereocenters. The van der Waals surface area contributed by atoms with E-state index in [1.165, 1.54) is 25.3 Å². The highest BCUT2D eigenvalue weighted by Gasteiger charge is 2.32. The van der Waals surface area contributed by atoms with Crippen molar-refractivity contribution in [3.8, 4) is 11.3 Å². The zero-order chi connectivity index (χ0) is 28.1. The third-order valence-electron chi connectivity index (χ3n) is 5.59. The lowest BCUT2D eigenvalue weighted by molar-refractivity contribution is -0.138. The SMILES string of the molecule is CCCO.CNc1nc(-c2ccc(F)c(C)c2)cc(N2CCCNCC2)n1.Cc1ncccc1C(F)(F)F. The number of hydrogen-bond acceptors (Lipinski definition) is 7. The summed E-state index contributed by atoms with van der Waals surface area (Å²) in [7, 11) is 1.81. The van der Waals surface area contributed by atoms with Gasteiger partial charge in [0.2, 0.25) is 5.95 Å². The molecular weight excluding hydrogens is 500 g/mol. The van der Waals surface area contributed by atoms with Gasteiger partial charge in [0.05, 0.1) is 11.3 Å². The number of nitrogens with zero attached hydrogens (tertiary/aromatic N) is 4. The van der Waals surface area contributed by atoms with E-state index in [1.807, 2.05) is 26.1 Å². The maximum absolute atomic E-state index is 13.5. The molecule has 1 aliphatic heterocycles. The predicted octanol–water partition coefficient (Wildman–Crippen LogP) is 5.23. The molecule has 0 atom stereocenters. The molecule has 208 valence electrons. The van der Waals surface area contributed by atoms with E-state index in [9.17, 15) is 17.6 Å². The lowest BCUT2D eigenvalue weighted by atomic mass is 10.1. The fraction of sp³-hybridized carbons (Fsp3) is 0.444. The van der Waals surface area contributed by atoms with Crippen LogP contribution < -0.4 is 15.5 Å². The van der Waals surface area contributed by atoms with Crippen molar-refractivity contribution >= 4 is 11.8 Å². The van der Waals surface area contributed by atoms with E-state index in [-0.39, 0.29) is 11.5 Å². The standard InChI is InChI=1S/C17H22FN5.C7H6F3N.C3H8O/c1-12-10-13(4-5-14(12)18)15-11-16(22-17(19-2)21-15)23-8-3-6-20-7-9-23;1-5-6(7(8,9)10)3-2-4-11-5;1-2-3-4/h4-5,10-11,20H,3,6-9H2,1-2H3,(H,19,21,22);2-4H,1H3;4H,2-3H2,1H3. The topological polar surface area (TPSA) is 86.2 Å². The minimum atomic E-state index is -4.28. The van der Waals surface area contributed by atoms with Crippen LogP contribution in [0.25, 0.3) is 11.3 Å². The Hall–Kier alpha value is -3.31. The summed E-state index contributed by atoms with van der Waals surface area (Å²) >= 11 is 0. The van der Waals surface area contributed by atoms with Gasteiger partial charge in [-0.2, -0.15) is 18.2 Å². The summed E-state index contributed by atoms with van der Waals surface area (Å²) in [6.07, 6.45) is -0.979. The number of aliphatic hydroxyl groups excluding tert-OH is 1. The molecule has 0 saturated carbocycles. The number of aromatic nitrogens is 3. The number of anilines is 2. The number of nitrogens with one attached hydrogen (secondary N) is 2. The molecule has 7 nitrogen and oxygen atoms in total. The second-order valence-corrected chi connectivity index (χ2v) is 8.60. The van der Waals surface area contributed by atoms with E-state index in [4.69, 9.17) is 5.11 Å². The highest BCUT2D eigenvalue weighted by Crippen LogP contribution is 2.30. The average Bonchev–Trinajstić information content (AvgIpc) is 3.20. The minimum absolute atomic E-state index is 0.0139. The second-order valence-electron chi connectivity index (χ2n) is 8.60. The fourth-order valence-electron chi connectivity index (χ4n) is 3.52. The summed E-state index contributed by atoms with van der Waals surface area (Å²) < 4.78 is 49.5. The highest BCUT2D eigenvalue weighted by atomic mass is 19.4. The van der Waals surface area contributed by atoms with Gasteiger partial charge in [0.15, 0.2) is 0 Å². The van der Waals surface area contributed by atoms with Crippen molar-refractivity contribution in [1.82, 2.24) is 20.3 Å². The number of benzene rings is 1. The first kappa shape index (κ1) is 30.9. The molecule has 2 aromatic heterocycles. The first-order valence-corrected chi connectivity index (χ1v) is 12.5. The summed E-state index contributed by atoms with van der Waals surface area (Å²) in [5.74, 6) is 1.29. The Morgan fingerprint density at radius 2 is 1.82 bits per heavy atom. The van der Waals surface area contributed by atoms with Crippen LogP contribution in [0.4, 0.5) is 29.3 Å². The van der Waals surface area contributed by atoms with Crippen LogP contribution in [0.1, 0.15) is 36.6 Å². The normalized spacial score (nSPS) is 13.4. The molecule has 3 aromatic rings. The summed E-state index contributed by atoms with van der Waals surface area (Å²) in [5.41, 5.74) is 1.67. The van der Waals surface area contributed by atoms with Gasteiger partial charge in [0.1, 0.15) is 11.6 Å². The van der Waals surface area contributed by atoms with Crippen molar-refractivity contribution in [2.45, 2.75) is 39.8 Å². The molecule has 3 heterocycles. The molecule has 0 spiro atoms. The molecule has 0 amide bonds. The van der Waals surface area contributed by atoms with Crippen molar-refractivity contribution in [3.05, 3.63) is 65.2 Å². The molecule has 3 N–H and O–H groups in total. The van der Waals surface area contributed by atoms with Crippen LogP contribution in [0.2, 0.25) is 0 Å². The zero-order valence-corrected chi connectivity index (χ0v) is 22.2. The smallest absolute Gasteiger partial charge is 0.396 e. The lowest BCUT2D eigenvalue weighted by Gasteiger charge is -2.22. The van der Waals surface area contributed by atoms with Gasteiger partial charge in [0.25, 0.3) is 0 Å². The Bertz CT molecular complexity index is 1130. The molecule has 0 radical (unpaired) electrons.